The van der Waals surface area contributed by atoms with Crippen LogP contribution in [0.15, 0.2) is 66.3 Å². The number of rotatable bonds is 6. The first kappa shape index (κ1) is 22.6. The Bertz CT molecular complexity index is 1280. The van der Waals surface area contributed by atoms with Crippen LogP contribution in [0, 0.1) is 13.8 Å². The number of hydrogen-bond acceptors (Lipinski definition) is 5. The number of aromatic nitrogens is 3. The van der Waals surface area contributed by atoms with E-state index in [1.54, 1.807) is 11.3 Å². The second kappa shape index (κ2) is 9.19. The van der Waals surface area contributed by atoms with Gasteiger partial charge in [0.25, 0.3) is 0 Å². The molecular formula is C26H27N5OS2. The summed E-state index contributed by atoms with van der Waals surface area (Å²) in [6.45, 7) is 8.33. The van der Waals surface area contributed by atoms with Gasteiger partial charge in [-0.2, -0.15) is 0 Å². The maximum Gasteiger partial charge on any atom is 0.193 e. The van der Waals surface area contributed by atoms with Gasteiger partial charge in [-0.25, -0.2) is 4.98 Å². The predicted octanol–water partition coefficient (Wildman–Crippen LogP) is 5.91. The average molecular weight is 490 g/mol. The molecule has 1 aliphatic rings. The van der Waals surface area contributed by atoms with Gasteiger partial charge in [0.05, 0.1) is 23.9 Å². The second-order valence-electron chi connectivity index (χ2n) is 8.63. The molecule has 8 heteroatoms. The summed E-state index contributed by atoms with van der Waals surface area (Å²) in [5.74, 6) is 0.844. The zero-order valence-electron chi connectivity index (χ0n) is 19.6. The van der Waals surface area contributed by atoms with Crippen molar-refractivity contribution in [3.05, 3.63) is 88.9 Å². The van der Waals surface area contributed by atoms with Crippen molar-refractivity contribution in [1.82, 2.24) is 19.9 Å². The van der Waals surface area contributed by atoms with E-state index in [0.717, 1.165) is 33.7 Å². The van der Waals surface area contributed by atoms with Crippen molar-refractivity contribution in [1.29, 1.82) is 0 Å². The first-order valence-corrected chi connectivity index (χ1v) is 12.6. The number of ether oxygens (including phenoxy) is 1. The van der Waals surface area contributed by atoms with Gasteiger partial charge < -0.3 is 15.0 Å². The molecule has 2 atom stereocenters. The van der Waals surface area contributed by atoms with E-state index in [2.05, 4.69) is 62.9 Å². The van der Waals surface area contributed by atoms with Crippen LogP contribution in [-0.4, -0.2) is 25.8 Å². The van der Waals surface area contributed by atoms with E-state index in [9.17, 15) is 0 Å². The molecule has 1 aromatic carbocycles. The summed E-state index contributed by atoms with van der Waals surface area (Å²) >= 11 is 7.51. The third kappa shape index (κ3) is 4.08. The Balaban J connectivity index is 1.62. The molecule has 4 aromatic rings. The monoisotopic (exact) mass is 489 g/mol. The summed E-state index contributed by atoms with van der Waals surface area (Å²) in [6, 6.07) is 16.2. The quantitative estimate of drug-likeness (QED) is 0.340. The number of benzene rings is 1. The van der Waals surface area contributed by atoms with Gasteiger partial charge in [-0.05, 0) is 87.9 Å². The number of aryl methyl sites for hydroxylation is 1. The van der Waals surface area contributed by atoms with Gasteiger partial charge in [-0.15, -0.1) is 11.3 Å². The van der Waals surface area contributed by atoms with Gasteiger partial charge in [-0.1, -0.05) is 6.07 Å². The fourth-order valence-corrected chi connectivity index (χ4v) is 5.71. The molecule has 1 saturated heterocycles. The summed E-state index contributed by atoms with van der Waals surface area (Å²) < 4.78 is 8.07. The van der Waals surface area contributed by atoms with Gasteiger partial charge >= 0.3 is 0 Å². The van der Waals surface area contributed by atoms with Crippen LogP contribution in [0.25, 0.3) is 5.13 Å². The molecule has 0 aliphatic carbocycles. The highest BCUT2D eigenvalue weighted by Crippen LogP contribution is 2.44. The van der Waals surface area contributed by atoms with Gasteiger partial charge in [0.15, 0.2) is 10.2 Å². The van der Waals surface area contributed by atoms with Crippen molar-refractivity contribution in [2.45, 2.75) is 45.9 Å². The molecule has 3 aromatic heterocycles. The highest BCUT2D eigenvalue weighted by molar-refractivity contribution is 7.80. The van der Waals surface area contributed by atoms with E-state index in [4.69, 9.17) is 17.0 Å². The minimum Gasteiger partial charge on any atom is -0.491 e. The highest BCUT2D eigenvalue weighted by atomic mass is 32.1. The van der Waals surface area contributed by atoms with Crippen molar-refractivity contribution >= 4 is 34.4 Å². The van der Waals surface area contributed by atoms with Crippen LogP contribution in [0.3, 0.4) is 0 Å². The smallest absolute Gasteiger partial charge is 0.193 e. The van der Waals surface area contributed by atoms with Crippen LogP contribution in [-0.2, 0) is 0 Å². The third-order valence-corrected chi connectivity index (χ3v) is 7.06. The first-order chi connectivity index (χ1) is 16.4. The lowest BCUT2D eigenvalue weighted by Gasteiger charge is -2.28. The molecule has 174 valence electrons. The molecule has 2 unspecified atom stereocenters. The van der Waals surface area contributed by atoms with Gasteiger partial charge in [0.1, 0.15) is 5.75 Å². The summed E-state index contributed by atoms with van der Waals surface area (Å²) in [4.78, 5) is 11.4. The number of pyridine rings is 1. The number of hydrogen-bond donors (Lipinski definition) is 1. The van der Waals surface area contributed by atoms with E-state index < -0.39 is 0 Å². The van der Waals surface area contributed by atoms with E-state index in [1.807, 2.05) is 55.9 Å². The van der Waals surface area contributed by atoms with Crippen LogP contribution in [0.2, 0.25) is 0 Å². The normalized spacial score (nSPS) is 17.9. The van der Waals surface area contributed by atoms with Crippen molar-refractivity contribution in [2.24, 2.45) is 0 Å². The predicted molar refractivity (Wildman–Crippen MR) is 141 cm³/mol. The molecule has 0 radical (unpaired) electrons. The summed E-state index contributed by atoms with van der Waals surface area (Å²) in [6.07, 6.45) is 3.79. The minimum atomic E-state index is -0.0921. The van der Waals surface area contributed by atoms with Crippen LogP contribution in [0.1, 0.15) is 48.6 Å². The first-order valence-electron chi connectivity index (χ1n) is 11.3. The Kier molecular flexibility index (Phi) is 6.10. The number of anilines is 1. The molecule has 0 spiro atoms. The van der Waals surface area contributed by atoms with Crippen LogP contribution in [0.4, 0.5) is 5.69 Å². The molecule has 34 heavy (non-hydrogen) atoms. The van der Waals surface area contributed by atoms with Crippen LogP contribution >= 0.6 is 23.6 Å². The fraction of sp³-hybridized carbons (Fsp3) is 0.269. The molecule has 5 rings (SSSR count). The summed E-state index contributed by atoms with van der Waals surface area (Å²) in [5.41, 5.74) is 5.45. The third-order valence-electron chi connectivity index (χ3n) is 5.98. The van der Waals surface area contributed by atoms with Crippen molar-refractivity contribution in [3.63, 3.8) is 0 Å². The summed E-state index contributed by atoms with van der Waals surface area (Å²) in [7, 11) is 0. The molecule has 0 saturated carbocycles. The molecule has 1 N–H and O–H groups in total. The van der Waals surface area contributed by atoms with Crippen LogP contribution in [0.5, 0.6) is 5.75 Å². The van der Waals surface area contributed by atoms with Crippen molar-refractivity contribution in [2.75, 3.05) is 4.90 Å². The summed E-state index contributed by atoms with van der Waals surface area (Å²) in [5, 5.41) is 7.19. The van der Waals surface area contributed by atoms with Gasteiger partial charge in [0, 0.05) is 34.8 Å². The molecule has 1 fully saturated rings. The molecular weight excluding hydrogens is 462 g/mol. The lowest BCUT2D eigenvalue weighted by atomic mass is 9.96. The second-order valence-corrected chi connectivity index (χ2v) is 9.89. The Hall–Kier alpha value is -3.23. The Labute approximate surface area is 209 Å². The number of thiocarbonyl (C=S) groups is 1. The van der Waals surface area contributed by atoms with Crippen molar-refractivity contribution < 1.29 is 4.74 Å². The zero-order valence-corrected chi connectivity index (χ0v) is 21.2. The number of nitrogens with zero attached hydrogens (tertiary/aromatic N) is 4. The van der Waals surface area contributed by atoms with E-state index >= 15 is 0 Å². The Morgan fingerprint density at radius 1 is 1.06 bits per heavy atom. The zero-order chi connectivity index (χ0) is 23.8. The minimum absolute atomic E-state index is 0.0702. The lowest BCUT2D eigenvalue weighted by Crippen LogP contribution is -2.29. The molecule has 6 nitrogen and oxygen atoms in total. The maximum atomic E-state index is 5.88. The number of thiazole rings is 1. The molecule has 1 aliphatic heterocycles. The van der Waals surface area contributed by atoms with E-state index in [0.29, 0.717) is 5.11 Å². The largest absolute Gasteiger partial charge is 0.491 e. The SMILES string of the molecule is Cc1cc(C2C(c3ccccn3)NC(=S)N2c2ccc(OC(C)C)cc2)c(C)n1-c1nccs1. The maximum absolute atomic E-state index is 5.88. The lowest BCUT2D eigenvalue weighted by molar-refractivity contribution is 0.242. The topological polar surface area (TPSA) is 55.2 Å². The Morgan fingerprint density at radius 2 is 1.85 bits per heavy atom. The standard InChI is InChI=1S/C26H27N5OS2/c1-16(2)32-20-10-8-19(9-11-20)31-24(23(29-25(31)33)22-7-5-6-12-27-22)21-15-17(3)30(18(21)4)26-28-13-14-34-26/h5-16,23-24H,1-4H3,(H,29,33). The van der Waals surface area contributed by atoms with Gasteiger partial charge in [-0.3, -0.25) is 9.55 Å². The van der Waals surface area contributed by atoms with Crippen molar-refractivity contribution in [3.8, 4) is 10.9 Å². The molecule has 0 amide bonds. The van der Waals surface area contributed by atoms with E-state index in [-0.39, 0.29) is 18.2 Å². The average Bonchev–Trinajstić information content (AvgIpc) is 3.52. The molecule has 4 heterocycles. The fourth-order valence-electron chi connectivity index (χ4n) is 4.61. The van der Waals surface area contributed by atoms with Crippen LogP contribution < -0.4 is 15.0 Å². The highest BCUT2D eigenvalue weighted by Gasteiger charge is 2.42. The van der Waals surface area contributed by atoms with E-state index in [1.165, 1.54) is 5.56 Å². The number of nitrogens with one attached hydrogen (secondary N) is 1. The molecule has 0 bridgehead atoms. The van der Waals surface area contributed by atoms with Gasteiger partial charge in [0.2, 0.25) is 0 Å². The Morgan fingerprint density at radius 3 is 2.50 bits per heavy atom.